The van der Waals surface area contributed by atoms with Crippen molar-refractivity contribution in [2.45, 2.75) is 37.0 Å². The Labute approximate surface area is 145 Å². The van der Waals surface area contributed by atoms with Gasteiger partial charge in [0.25, 0.3) is 0 Å². The molecule has 122 valence electrons. The van der Waals surface area contributed by atoms with Crippen LogP contribution in [0.4, 0.5) is 0 Å². The van der Waals surface area contributed by atoms with Crippen LogP contribution < -0.4 is 0 Å². The third-order valence-corrected chi connectivity index (χ3v) is 4.25. The molecule has 0 saturated heterocycles. The van der Waals surface area contributed by atoms with Crippen molar-refractivity contribution in [3.8, 4) is 11.5 Å². The van der Waals surface area contributed by atoms with E-state index in [1.165, 1.54) is 11.8 Å². The maximum Gasteiger partial charge on any atom is 0.198 e. The molecule has 0 atom stereocenters. The van der Waals surface area contributed by atoms with Gasteiger partial charge in [0.2, 0.25) is 0 Å². The van der Waals surface area contributed by atoms with Gasteiger partial charge in [-0.2, -0.15) is 0 Å². The highest BCUT2D eigenvalue weighted by molar-refractivity contribution is 7.99. The first kappa shape index (κ1) is 16.3. The molecule has 3 aromatic rings. The number of rotatable bonds is 6. The molecule has 0 fully saturated rings. The number of allylic oxidation sites excluding steroid dienone is 1. The van der Waals surface area contributed by atoms with Crippen LogP contribution in [0.25, 0.3) is 11.5 Å². The van der Waals surface area contributed by atoms with Gasteiger partial charge in [-0.1, -0.05) is 19.1 Å². The lowest BCUT2D eigenvalue weighted by atomic mass is 10.3. The highest BCUT2D eigenvalue weighted by atomic mass is 32.2. The Hall–Kier alpha value is -2.54. The summed E-state index contributed by atoms with van der Waals surface area (Å²) < 4.78 is 1.99. The van der Waals surface area contributed by atoms with E-state index in [0.29, 0.717) is 6.54 Å². The van der Waals surface area contributed by atoms with Gasteiger partial charge in [0.1, 0.15) is 16.5 Å². The number of hydrogen-bond acceptors (Lipinski definition) is 6. The van der Waals surface area contributed by atoms with Gasteiger partial charge < -0.3 is 0 Å². The van der Waals surface area contributed by atoms with E-state index < -0.39 is 0 Å². The van der Waals surface area contributed by atoms with Gasteiger partial charge in [0.15, 0.2) is 11.0 Å². The lowest BCUT2D eigenvalue weighted by molar-refractivity contribution is 0.728. The molecule has 0 spiro atoms. The lowest BCUT2D eigenvalue weighted by Gasteiger charge is -2.07. The van der Waals surface area contributed by atoms with Gasteiger partial charge in [-0.3, -0.25) is 9.55 Å². The van der Waals surface area contributed by atoms with Crippen LogP contribution in [0.15, 0.2) is 53.3 Å². The Morgan fingerprint density at radius 3 is 2.83 bits per heavy atom. The molecule has 0 aliphatic carbocycles. The molecule has 0 amide bonds. The fourth-order valence-corrected chi connectivity index (χ4v) is 3.18. The first-order valence-electron chi connectivity index (χ1n) is 7.69. The van der Waals surface area contributed by atoms with Crippen molar-refractivity contribution < 1.29 is 0 Å². The van der Waals surface area contributed by atoms with E-state index in [4.69, 9.17) is 0 Å². The van der Waals surface area contributed by atoms with E-state index in [2.05, 4.69) is 38.7 Å². The molecule has 24 heavy (non-hydrogen) atoms. The monoisotopic (exact) mass is 338 g/mol. The minimum atomic E-state index is 0.603. The number of nitrogens with zero attached hydrogens (tertiary/aromatic N) is 6. The Balaban J connectivity index is 1.98. The zero-order chi connectivity index (χ0) is 16.9. The van der Waals surface area contributed by atoms with Gasteiger partial charge in [0, 0.05) is 18.4 Å². The maximum absolute atomic E-state index is 4.49. The fourth-order valence-electron chi connectivity index (χ4n) is 2.27. The molecule has 3 aromatic heterocycles. The highest BCUT2D eigenvalue weighted by Crippen LogP contribution is 2.28. The van der Waals surface area contributed by atoms with Gasteiger partial charge in [0.05, 0.1) is 0 Å². The number of aromatic nitrogens is 6. The summed E-state index contributed by atoms with van der Waals surface area (Å²) in [5.41, 5.74) is 1.80. The van der Waals surface area contributed by atoms with Gasteiger partial charge in [-0.05, 0) is 43.3 Å². The van der Waals surface area contributed by atoms with E-state index in [9.17, 15) is 0 Å². The van der Waals surface area contributed by atoms with Crippen molar-refractivity contribution in [2.24, 2.45) is 0 Å². The standard InChI is InChI=1S/C17H18N6S/c1-4-10-23-16(14-8-6-7-9-18-14)21-22-17(23)24-15-11-13(5-2)19-12(3)20-15/h4,6-9,11H,1,5,10H2,2-3H3. The zero-order valence-electron chi connectivity index (χ0n) is 13.7. The highest BCUT2D eigenvalue weighted by Gasteiger charge is 2.16. The van der Waals surface area contributed by atoms with Gasteiger partial charge >= 0.3 is 0 Å². The molecule has 0 aliphatic heterocycles. The molecule has 0 radical (unpaired) electrons. The predicted molar refractivity (Wildman–Crippen MR) is 93.7 cm³/mol. The number of aryl methyl sites for hydroxylation is 2. The van der Waals surface area contributed by atoms with Crippen LogP contribution in [0.1, 0.15) is 18.4 Å². The molecule has 0 unspecified atom stereocenters. The Bertz CT molecular complexity index is 844. The second-order valence-electron chi connectivity index (χ2n) is 5.12. The van der Waals surface area contributed by atoms with E-state index in [1.54, 1.807) is 6.20 Å². The summed E-state index contributed by atoms with van der Waals surface area (Å²) in [5.74, 6) is 1.48. The minimum absolute atomic E-state index is 0.603. The Morgan fingerprint density at radius 1 is 1.25 bits per heavy atom. The van der Waals surface area contributed by atoms with E-state index in [1.807, 2.05) is 41.8 Å². The molecule has 0 bridgehead atoms. The van der Waals surface area contributed by atoms with Gasteiger partial charge in [-0.15, -0.1) is 16.8 Å². The summed E-state index contributed by atoms with van der Waals surface area (Å²) >= 11 is 1.48. The summed E-state index contributed by atoms with van der Waals surface area (Å²) in [5, 5.41) is 10.2. The smallest absolute Gasteiger partial charge is 0.198 e. The molecule has 7 heteroatoms. The molecule has 0 saturated carbocycles. The molecular formula is C17H18N6S. The number of pyridine rings is 1. The summed E-state index contributed by atoms with van der Waals surface area (Å²) in [4.78, 5) is 13.3. The quantitative estimate of drug-likeness (QED) is 0.507. The second-order valence-corrected chi connectivity index (χ2v) is 6.11. The average molecular weight is 338 g/mol. The normalized spacial score (nSPS) is 10.8. The lowest BCUT2D eigenvalue weighted by Crippen LogP contribution is -2.02. The topological polar surface area (TPSA) is 69.4 Å². The van der Waals surface area contributed by atoms with Crippen LogP contribution in [0, 0.1) is 6.92 Å². The molecule has 0 aromatic carbocycles. The van der Waals surface area contributed by atoms with Crippen LogP contribution in [0.3, 0.4) is 0 Å². The van der Waals surface area contributed by atoms with Crippen LogP contribution in [-0.2, 0) is 13.0 Å². The molecule has 0 aliphatic rings. The minimum Gasteiger partial charge on any atom is -0.297 e. The van der Waals surface area contributed by atoms with Crippen molar-refractivity contribution in [2.75, 3.05) is 0 Å². The van der Waals surface area contributed by atoms with E-state index in [-0.39, 0.29) is 0 Å². The molecule has 3 heterocycles. The first-order chi connectivity index (χ1) is 11.7. The van der Waals surface area contributed by atoms with Crippen LogP contribution in [-0.4, -0.2) is 29.7 Å². The SMILES string of the molecule is C=CCn1c(Sc2cc(CC)nc(C)n2)nnc1-c1ccccn1. The van der Waals surface area contributed by atoms with Crippen molar-refractivity contribution >= 4 is 11.8 Å². The van der Waals surface area contributed by atoms with E-state index in [0.717, 1.165) is 39.6 Å². The summed E-state index contributed by atoms with van der Waals surface area (Å²) in [6, 6.07) is 7.72. The van der Waals surface area contributed by atoms with Crippen molar-refractivity contribution in [3.05, 3.63) is 54.6 Å². The summed E-state index contributed by atoms with van der Waals surface area (Å²) in [6.07, 6.45) is 4.44. The van der Waals surface area contributed by atoms with Crippen molar-refractivity contribution in [1.82, 2.24) is 29.7 Å². The Morgan fingerprint density at radius 2 is 2.12 bits per heavy atom. The first-order valence-corrected chi connectivity index (χ1v) is 8.50. The van der Waals surface area contributed by atoms with Crippen molar-refractivity contribution in [1.29, 1.82) is 0 Å². The zero-order valence-corrected chi connectivity index (χ0v) is 14.5. The maximum atomic E-state index is 4.49. The predicted octanol–water partition coefficient (Wildman–Crippen LogP) is 3.34. The average Bonchev–Trinajstić information content (AvgIpc) is 2.98. The molecule has 3 rings (SSSR count). The summed E-state index contributed by atoms with van der Waals surface area (Å²) in [7, 11) is 0. The van der Waals surface area contributed by atoms with Crippen LogP contribution in [0.2, 0.25) is 0 Å². The van der Waals surface area contributed by atoms with E-state index >= 15 is 0 Å². The molecule has 6 nitrogen and oxygen atoms in total. The largest absolute Gasteiger partial charge is 0.297 e. The number of hydrogen-bond donors (Lipinski definition) is 0. The van der Waals surface area contributed by atoms with Gasteiger partial charge in [-0.25, -0.2) is 9.97 Å². The third-order valence-electron chi connectivity index (χ3n) is 3.35. The second kappa shape index (κ2) is 7.35. The Kier molecular flexibility index (Phi) is 5.00. The van der Waals surface area contributed by atoms with Crippen LogP contribution >= 0.6 is 11.8 Å². The molecular weight excluding hydrogens is 320 g/mol. The summed E-state index contributed by atoms with van der Waals surface area (Å²) in [6.45, 7) is 8.41. The molecule has 0 N–H and O–H groups in total. The van der Waals surface area contributed by atoms with Crippen molar-refractivity contribution in [3.63, 3.8) is 0 Å². The fraction of sp³-hybridized carbons (Fsp3) is 0.235. The van der Waals surface area contributed by atoms with Crippen LogP contribution in [0.5, 0.6) is 0 Å². The third kappa shape index (κ3) is 3.51.